The third-order valence-electron chi connectivity index (χ3n) is 1.57. The Bertz CT molecular complexity index is 236. The summed E-state index contributed by atoms with van der Waals surface area (Å²) in [5.74, 6) is 0.242. The smallest absolute Gasteiger partial charge is 0.174 e. The minimum absolute atomic E-state index is 0. The lowest BCUT2D eigenvalue weighted by Gasteiger charge is -1.98. The van der Waals surface area contributed by atoms with Gasteiger partial charge >= 0.3 is 0 Å². The van der Waals surface area contributed by atoms with Crippen molar-refractivity contribution in [2.75, 3.05) is 13.1 Å². The Morgan fingerprint density at radius 1 is 1.62 bits per heavy atom. The Labute approximate surface area is 88.8 Å². The number of rotatable bonds is 5. The monoisotopic (exact) mass is 219 g/mol. The highest BCUT2D eigenvalue weighted by Gasteiger charge is 2.04. The fourth-order valence-corrected chi connectivity index (χ4v) is 1.63. The van der Waals surface area contributed by atoms with E-state index in [2.05, 4.69) is 5.32 Å². The molecular weight excluding hydrogens is 206 g/mol. The highest BCUT2D eigenvalue weighted by atomic mass is 35.5. The van der Waals surface area contributed by atoms with Crippen LogP contribution in [0.2, 0.25) is 0 Å². The number of ketones is 1. The number of hydrogen-bond donors (Lipinski definition) is 1. The predicted molar refractivity (Wildman–Crippen MR) is 59.1 cm³/mol. The number of hydrogen-bond acceptors (Lipinski definition) is 3. The molecule has 1 rings (SSSR count). The van der Waals surface area contributed by atoms with Crippen molar-refractivity contribution in [2.24, 2.45) is 0 Å². The molecule has 0 bridgehead atoms. The van der Waals surface area contributed by atoms with Gasteiger partial charge in [-0.15, -0.1) is 23.7 Å². The van der Waals surface area contributed by atoms with Gasteiger partial charge < -0.3 is 5.32 Å². The zero-order chi connectivity index (χ0) is 8.81. The van der Waals surface area contributed by atoms with Gasteiger partial charge in [-0.25, -0.2) is 0 Å². The van der Waals surface area contributed by atoms with Gasteiger partial charge in [0.15, 0.2) is 5.78 Å². The van der Waals surface area contributed by atoms with Crippen molar-refractivity contribution in [2.45, 2.75) is 13.3 Å². The van der Waals surface area contributed by atoms with Crippen molar-refractivity contribution in [3.05, 3.63) is 22.4 Å². The summed E-state index contributed by atoms with van der Waals surface area (Å²) in [5.41, 5.74) is 0. The van der Waals surface area contributed by atoms with E-state index in [0.717, 1.165) is 18.0 Å². The van der Waals surface area contributed by atoms with E-state index in [9.17, 15) is 4.79 Å². The zero-order valence-corrected chi connectivity index (χ0v) is 9.21. The van der Waals surface area contributed by atoms with Crippen LogP contribution in [0.3, 0.4) is 0 Å². The second kappa shape index (κ2) is 7.06. The van der Waals surface area contributed by atoms with Crippen molar-refractivity contribution in [3.8, 4) is 0 Å². The molecule has 0 aliphatic rings. The van der Waals surface area contributed by atoms with Crippen LogP contribution >= 0.6 is 23.7 Å². The maximum absolute atomic E-state index is 11.4. The molecule has 1 heterocycles. The molecule has 0 spiro atoms. The average Bonchev–Trinajstić information content (AvgIpc) is 2.56. The summed E-state index contributed by atoms with van der Waals surface area (Å²) in [6.07, 6.45) is 0.606. The third-order valence-corrected chi connectivity index (χ3v) is 2.49. The van der Waals surface area contributed by atoms with Gasteiger partial charge in [-0.1, -0.05) is 13.0 Å². The van der Waals surface area contributed by atoms with Crippen molar-refractivity contribution >= 4 is 29.5 Å². The van der Waals surface area contributed by atoms with Gasteiger partial charge in [-0.05, 0) is 18.0 Å². The van der Waals surface area contributed by atoms with Gasteiger partial charge in [0.1, 0.15) is 0 Å². The van der Waals surface area contributed by atoms with Gasteiger partial charge in [0, 0.05) is 13.0 Å². The fraction of sp³-hybridized carbons (Fsp3) is 0.444. The molecule has 4 heteroatoms. The standard InChI is InChI=1S/C9H13NOS.ClH/c1-2-10-6-5-8(11)9-4-3-7-12-9;/h3-4,7,10H,2,5-6H2,1H3;1H. The Hall–Kier alpha value is -0.380. The molecule has 0 unspecified atom stereocenters. The molecule has 0 fully saturated rings. The first-order valence-electron chi connectivity index (χ1n) is 4.12. The molecule has 0 aliphatic carbocycles. The van der Waals surface area contributed by atoms with Crippen molar-refractivity contribution in [3.63, 3.8) is 0 Å². The average molecular weight is 220 g/mol. The molecule has 0 amide bonds. The molecule has 1 N–H and O–H groups in total. The van der Waals surface area contributed by atoms with Gasteiger partial charge in [0.05, 0.1) is 4.88 Å². The summed E-state index contributed by atoms with van der Waals surface area (Å²) in [6.45, 7) is 3.75. The second-order valence-electron chi connectivity index (χ2n) is 2.50. The second-order valence-corrected chi connectivity index (χ2v) is 3.45. The zero-order valence-electron chi connectivity index (χ0n) is 7.58. The van der Waals surface area contributed by atoms with E-state index in [-0.39, 0.29) is 18.2 Å². The van der Waals surface area contributed by atoms with E-state index in [1.807, 2.05) is 24.4 Å². The lowest BCUT2D eigenvalue weighted by Crippen LogP contribution is -2.17. The molecule has 2 nitrogen and oxygen atoms in total. The summed E-state index contributed by atoms with van der Waals surface area (Å²) in [6, 6.07) is 3.78. The Morgan fingerprint density at radius 3 is 2.92 bits per heavy atom. The van der Waals surface area contributed by atoms with Crippen LogP contribution in [0.4, 0.5) is 0 Å². The number of carbonyl (C=O) groups is 1. The van der Waals surface area contributed by atoms with Crippen LogP contribution in [0.1, 0.15) is 23.0 Å². The summed E-state index contributed by atoms with van der Waals surface area (Å²) in [7, 11) is 0. The molecular formula is C9H14ClNOS. The Kier molecular flexibility index (Phi) is 6.86. The van der Waals surface area contributed by atoms with E-state index in [1.54, 1.807) is 0 Å². The number of thiophene rings is 1. The molecule has 0 saturated carbocycles. The number of Topliss-reactive ketones (excluding diaryl/α,β-unsaturated/α-hetero) is 1. The largest absolute Gasteiger partial charge is 0.317 e. The van der Waals surface area contributed by atoms with Gasteiger partial charge in [-0.3, -0.25) is 4.79 Å². The Morgan fingerprint density at radius 2 is 2.38 bits per heavy atom. The number of halogens is 1. The quantitative estimate of drug-likeness (QED) is 0.609. The van der Waals surface area contributed by atoms with Crippen LogP contribution in [0, 0.1) is 0 Å². The first-order chi connectivity index (χ1) is 5.84. The van der Waals surface area contributed by atoms with Crippen LogP contribution in [-0.2, 0) is 0 Å². The fourth-order valence-electron chi connectivity index (χ4n) is 0.939. The molecule has 13 heavy (non-hydrogen) atoms. The SMILES string of the molecule is CCNCCC(=O)c1cccs1.Cl. The van der Waals surface area contributed by atoms with Crippen LogP contribution in [0.5, 0.6) is 0 Å². The predicted octanol–water partition coefficient (Wildman–Crippen LogP) is 2.35. The molecule has 0 aromatic carbocycles. The van der Waals surface area contributed by atoms with Crippen LogP contribution < -0.4 is 5.32 Å². The molecule has 0 atom stereocenters. The summed E-state index contributed by atoms with van der Waals surface area (Å²) in [5, 5.41) is 5.06. The molecule has 0 aliphatic heterocycles. The first-order valence-corrected chi connectivity index (χ1v) is 5.00. The van der Waals surface area contributed by atoms with Crippen LogP contribution in [-0.4, -0.2) is 18.9 Å². The van der Waals surface area contributed by atoms with Crippen LogP contribution in [0.15, 0.2) is 17.5 Å². The lowest BCUT2D eigenvalue weighted by molar-refractivity contribution is 0.0986. The lowest BCUT2D eigenvalue weighted by atomic mass is 10.2. The van der Waals surface area contributed by atoms with E-state index >= 15 is 0 Å². The normalized spacial score (nSPS) is 9.31. The van der Waals surface area contributed by atoms with Gasteiger partial charge in [0.25, 0.3) is 0 Å². The van der Waals surface area contributed by atoms with E-state index in [0.29, 0.717) is 6.42 Å². The van der Waals surface area contributed by atoms with Crippen molar-refractivity contribution < 1.29 is 4.79 Å². The van der Waals surface area contributed by atoms with Gasteiger partial charge in [-0.2, -0.15) is 0 Å². The number of nitrogens with one attached hydrogen (secondary N) is 1. The maximum Gasteiger partial charge on any atom is 0.174 e. The summed E-state index contributed by atoms with van der Waals surface area (Å²) >= 11 is 1.51. The van der Waals surface area contributed by atoms with Gasteiger partial charge in [0.2, 0.25) is 0 Å². The van der Waals surface area contributed by atoms with E-state index in [4.69, 9.17) is 0 Å². The molecule has 0 radical (unpaired) electrons. The molecule has 1 aromatic heterocycles. The van der Waals surface area contributed by atoms with E-state index < -0.39 is 0 Å². The van der Waals surface area contributed by atoms with Crippen molar-refractivity contribution in [1.29, 1.82) is 0 Å². The Balaban J connectivity index is 0.00000144. The minimum atomic E-state index is 0. The van der Waals surface area contributed by atoms with Crippen LogP contribution in [0.25, 0.3) is 0 Å². The van der Waals surface area contributed by atoms with Crippen molar-refractivity contribution in [1.82, 2.24) is 5.32 Å². The highest BCUT2D eigenvalue weighted by Crippen LogP contribution is 2.10. The number of carbonyl (C=O) groups excluding carboxylic acids is 1. The first kappa shape index (κ1) is 12.6. The van der Waals surface area contributed by atoms with E-state index in [1.165, 1.54) is 11.3 Å². The molecule has 74 valence electrons. The molecule has 0 saturated heterocycles. The third kappa shape index (κ3) is 4.41. The summed E-state index contributed by atoms with van der Waals surface area (Å²) in [4.78, 5) is 12.2. The summed E-state index contributed by atoms with van der Waals surface area (Å²) < 4.78 is 0. The maximum atomic E-state index is 11.4. The highest BCUT2D eigenvalue weighted by molar-refractivity contribution is 7.12. The topological polar surface area (TPSA) is 29.1 Å². The molecule has 1 aromatic rings. The minimum Gasteiger partial charge on any atom is -0.317 e.